The molecule has 6 nitrogen and oxygen atoms in total. The van der Waals surface area contributed by atoms with Crippen molar-refractivity contribution in [3.8, 4) is 22.1 Å². The standard InChI is InChI=1S/C22H19FN4O2S/c1-3-29-19-7-5-4-6-17(19)21(28)25-20-12-14(2)26-27(20)22-24-18(13-30-22)15-8-10-16(23)11-9-15/h4-13H,3H2,1-2H3,(H,25,28). The Labute approximate surface area is 177 Å². The van der Waals surface area contributed by atoms with E-state index in [1.54, 1.807) is 41.1 Å². The third-order valence-electron chi connectivity index (χ3n) is 4.32. The zero-order valence-electron chi connectivity index (χ0n) is 16.4. The highest BCUT2D eigenvalue weighted by molar-refractivity contribution is 7.12. The summed E-state index contributed by atoms with van der Waals surface area (Å²) in [5, 5.41) is 9.83. The highest BCUT2D eigenvalue weighted by Gasteiger charge is 2.17. The van der Waals surface area contributed by atoms with Gasteiger partial charge in [-0.1, -0.05) is 12.1 Å². The van der Waals surface area contributed by atoms with Crippen LogP contribution in [-0.2, 0) is 0 Å². The first-order valence-electron chi connectivity index (χ1n) is 9.37. The van der Waals surface area contributed by atoms with Crippen LogP contribution in [0.2, 0.25) is 0 Å². The summed E-state index contributed by atoms with van der Waals surface area (Å²) in [6, 6.07) is 15.0. The van der Waals surface area contributed by atoms with E-state index in [1.807, 2.05) is 25.3 Å². The number of carbonyl (C=O) groups is 1. The van der Waals surface area contributed by atoms with Crippen LogP contribution in [0.4, 0.5) is 10.2 Å². The molecule has 0 aliphatic carbocycles. The van der Waals surface area contributed by atoms with E-state index in [0.717, 1.165) is 11.3 Å². The van der Waals surface area contributed by atoms with E-state index in [1.165, 1.54) is 23.5 Å². The van der Waals surface area contributed by atoms with E-state index in [9.17, 15) is 9.18 Å². The highest BCUT2D eigenvalue weighted by atomic mass is 32.1. The largest absolute Gasteiger partial charge is 0.493 e. The minimum atomic E-state index is -0.297. The molecule has 0 radical (unpaired) electrons. The second-order valence-electron chi connectivity index (χ2n) is 6.49. The number of benzene rings is 2. The number of aromatic nitrogens is 3. The van der Waals surface area contributed by atoms with Crippen molar-refractivity contribution >= 4 is 23.1 Å². The third-order valence-corrected chi connectivity index (χ3v) is 5.13. The molecule has 4 aromatic rings. The maximum Gasteiger partial charge on any atom is 0.260 e. The molecule has 30 heavy (non-hydrogen) atoms. The molecule has 1 amide bonds. The average molecular weight is 422 g/mol. The molecular weight excluding hydrogens is 403 g/mol. The lowest BCUT2D eigenvalue weighted by molar-refractivity contribution is 0.102. The van der Waals surface area contributed by atoms with Gasteiger partial charge in [0.15, 0.2) is 0 Å². The molecule has 0 saturated carbocycles. The van der Waals surface area contributed by atoms with E-state index >= 15 is 0 Å². The zero-order chi connectivity index (χ0) is 21.1. The SMILES string of the molecule is CCOc1ccccc1C(=O)Nc1cc(C)nn1-c1nc(-c2ccc(F)cc2)cs1. The molecule has 0 spiro atoms. The Kier molecular flexibility index (Phi) is 5.58. The van der Waals surface area contributed by atoms with Crippen molar-refractivity contribution in [2.24, 2.45) is 0 Å². The van der Waals surface area contributed by atoms with Crippen LogP contribution >= 0.6 is 11.3 Å². The summed E-state index contributed by atoms with van der Waals surface area (Å²) >= 11 is 1.38. The summed E-state index contributed by atoms with van der Waals surface area (Å²) in [5.74, 6) is 0.432. The summed E-state index contributed by atoms with van der Waals surface area (Å²) in [5.41, 5.74) is 2.69. The fourth-order valence-corrected chi connectivity index (χ4v) is 3.76. The fraction of sp³-hybridized carbons (Fsp3) is 0.136. The van der Waals surface area contributed by atoms with Gasteiger partial charge in [0.25, 0.3) is 5.91 Å². The van der Waals surface area contributed by atoms with Crippen LogP contribution in [0.15, 0.2) is 60.0 Å². The number of amides is 1. The van der Waals surface area contributed by atoms with Gasteiger partial charge in [-0.25, -0.2) is 9.37 Å². The molecule has 4 rings (SSSR count). The van der Waals surface area contributed by atoms with Gasteiger partial charge in [0.05, 0.1) is 23.6 Å². The molecule has 0 atom stereocenters. The number of aryl methyl sites for hydroxylation is 1. The first-order chi connectivity index (χ1) is 14.5. The second-order valence-corrected chi connectivity index (χ2v) is 7.32. The molecular formula is C22H19FN4O2S. The maximum atomic E-state index is 13.2. The Morgan fingerprint density at radius 1 is 1.20 bits per heavy atom. The lowest BCUT2D eigenvalue weighted by Gasteiger charge is -2.10. The zero-order valence-corrected chi connectivity index (χ0v) is 17.2. The molecule has 0 fully saturated rings. The Morgan fingerprint density at radius 3 is 2.73 bits per heavy atom. The summed E-state index contributed by atoms with van der Waals surface area (Å²) in [4.78, 5) is 17.5. The van der Waals surface area contributed by atoms with Crippen LogP contribution in [0.5, 0.6) is 5.75 Å². The molecule has 1 N–H and O–H groups in total. The molecule has 0 aliphatic rings. The first-order valence-corrected chi connectivity index (χ1v) is 10.2. The number of carbonyl (C=O) groups excluding carboxylic acids is 1. The average Bonchev–Trinajstić information content (AvgIpc) is 3.36. The minimum Gasteiger partial charge on any atom is -0.493 e. The predicted molar refractivity (Wildman–Crippen MR) is 115 cm³/mol. The smallest absolute Gasteiger partial charge is 0.260 e. The Hall–Kier alpha value is -3.52. The van der Waals surface area contributed by atoms with Crippen LogP contribution in [0.3, 0.4) is 0 Å². The van der Waals surface area contributed by atoms with Gasteiger partial charge < -0.3 is 10.1 Å². The minimum absolute atomic E-state index is 0.296. The van der Waals surface area contributed by atoms with Crippen molar-refractivity contribution in [3.63, 3.8) is 0 Å². The van der Waals surface area contributed by atoms with Crippen molar-refractivity contribution in [2.45, 2.75) is 13.8 Å². The topological polar surface area (TPSA) is 69.0 Å². The normalized spacial score (nSPS) is 10.8. The van der Waals surface area contributed by atoms with Crippen molar-refractivity contribution in [1.82, 2.24) is 14.8 Å². The van der Waals surface area contributed by atoms with Crippen LogP contribution in [-0.4, -0.2) is 27.3 Å². The van der Waals surface area contributed by atoms with E-state index in [0.29, 0.717) is 34.6 Å². The third kappa shape index (κ3) is 4.08. The number of halogens is 1. The van der Waals surface area contributed by atoms with Crippen molar-refractivity contribution in [1.29, 1.82) is 0 Å². The van der Waals surface area contributed by atoms with Crippen molar-refractivity contribution in [2.75, 3.05) is 11.9 Å². The van der Waals surface area contributed by atoms with Gasteiger partial charge in [-0.2, -0.15) is 9.78 Å². The lowest BCUT2D eigenvalue weighted by Crippen LogP contribution is -2.16. The summed E-state index contributed by atoms with van der Waals surface area (Å²) in [7, 11) is 0. The van der Waals surface area contributed by atoms with Crippen LogP contribution in [0.25, 0.3) is 16.4 Å². The molecule has 2 aromatic carbocycles. The van der Waals surface area contributed by atoms with Crippen molar-refractivity contribution in [3.05, 3.63) is 77.1 Å². The molecule has 0 bridgehead atoms. The number of ether oxygens (including phenoxy) is 1. The maximum absolute atomic E-state index is 13.2. The number of nitrogens with zero attached hydrogens (tertiary/aromatic N) is 3. The number of hydrogen-bond donors (Lipinski definition) is 1. The van der Waals surface area contributed by atoms with Crippen LogP contribution < -0.4 is 10.1 Å². The Morgan fingerprint density at radius 2 is 1.97 bits per heavy atom. The van der Waals surface area contributed by atoms with Crippen molar-refractivity contribution < 1.29 is 13.9 Å². The van der Waals surface area contributed by atoms with E-state index in [4.69, 9.17) is 4.74 Å². The van der Waals surface area contributed by atoms with E-state index < -0.39 is 0 Å². The Bertz CT molecular complexity index is 1180. The molecule has 8 heteroatoms. The number of nitrogens with one attached hydrogen (secondary N) is 1. The van der Waals surface area contributed by atoms with E-state index in [2.05, 4.69) is 15.4 Å². The quantitative estimate of drug-likeness (QED) is 0.470. The molecule has 2 heterocycles. The summed E-state index contributed by atoms with van der Waals surface area (Å²) in [6.45, 7) is 4.18. The molecule has 152 valence electrons. The molecule has 0 aliphatic heterocycles. The monoisotopic (exact) mass is 422 g/mol. The number of para-hydroxylation sites is 1. The van der Waals surface area contributed by atoms with Crippen LogP contribution in [0.1, 0.15) is 23.0 Å². The predicted octanol–water partition coefficient (Wildman–Crippen LogP) is 5.09. The van der Waals surface area contributed by atoms with Gasteiger partial charge in [0.2, 0.25) is 5.13 Å². The van der Waals surface area contributed by atoms with Gasteiger partial charge in [-0.05, 0) is 50.2 Å². The van der Waals surface area contributed by atoms with Gasteiger partial charge >= 0.3 is 0 Å². The lowest BCUT2D eigenvalue weighted by atomic mass is 10.2. The Balaban J connectivity index is 1.62. The van der Waals surface area contributed by atoms with Gasteiger partial charge in [-0.15, -0.1) is 11.3 Å². The first kappa shape index (κ1) is 19.8. The van der Waals surface area contributed by atoms with Gasteiger partial charge in [0.1, 0.15) is 17.4 Å². The number of thiazole rings is 1. The summed E-state index contributed by atoms with van der Waals surface area (Å²) in [6.07, 6.45) is 0. The molecule has 0 unspecified atom stereocenters. The van der Waals surface area contributed by atoms with Gasteiger partial charge in [-0.3, -0.25) is 4.79 Å². The number of rotatable bonds is 6. The molecule has 0 saturated heterocycles. The van der Waals surface area contributed by atoms with Crippen LogP contribution in [0, 0.1) is 12.7 Å². The number of hydrogen-bond acceptors (Lipinski definition) is 5. The fourth-order valence-electron chi connectivity index (χ4n) is 2.97. The van der Waals surface area contributed by atoms with Gasteiger partial charge in [0, 0.05) is 17.0 Å². The van der Waals surface area contributed by atoms with E-state index in [-0.39, 0.29) is 11.7 Å². The molecule has 2 aromatic heterocycles. The highest BCUT2D eigenvalue weighted by Crippen LogP contribution is 2.27. The second kappa shape index (κ2) is 8.46. The number of anilines is 1. The summed E-state index contributed by atoms with van der Waals surface area (Å²) < 4.78 is 20.3.